The number of nitrogens with zero attached hydrogens (tertiary/aromatic N) is 1. The Morgan fingerprint density at radius 1 is 1.23 bits per heavy atom. The fraction of sp³-hybridized carbons (Fsp3) is 0.375. The Morgan fingerprint density at radius 2 is 1.97 bits per heavy atom. The van der Waals surface area contributed by atoms with Gasteiger partial charge in [0.15, 0.2) is 5.43 Å². The van der Waals surface area contributed by atoms with Gasteiger partial charge < -0.3 is 29.0 Å². The largest absolute Gasteiger partial charge is 0.507 e. The van der Waals surface area contributed by atoms with Crippen molar-refractivity contribution in [3.8, 4) is 17.2 Å². The quantitative estimate of drug-likeness (QED) is 0.649. The molecule has 0 amide bonds. The number of likely N-dealkylation sites (N-methyl/N-ethyl adjacent to an activating group) is 1. The number of ether oxygens (including phenoxy) is 2. The van der Waals surface area contributed by atoms with Gasteiger partial charge in [0.25, 0.3) is 0 Å². The second kappa shape index (κ2) is 8.61. The van der Waals surface area contributed by atoms with Gasteiger partial charge in [0.05, 0.1) is 13.2 Å². The van der Waals surface area contributed by atoms with Crippen LogP contribution in [0.15, 0.2) is 45.6 Å². The molecule has 1 aliphatic heterocycles. The van der Waals surface area contributed by atoms with Crippen molar-refractivity contribution in [2.24, 2.45) is 0 Å². The molecular weight excluding hydrogens is 398 g/mol. The average molecular weight is 425 g/mol. The van der Waals surface area contributed by atoms with Gasteiger partial charge in [-0.25, -0.2) is 0 Å². The number of aliphatic hydroxyl groups is 1. The molecule has 2 atom stereocenters. The van der Waals surface area contributed by atoms with Crippen LogP contribution in [0.5, 0.6) is 17.2 Å². The number of benzene rings is 2. The van der Waals surface area contributed by atoms with Crippen LogP contribution in [0.1, 0.15) is 29.2 Å². The first kappa shape index (κ1) is 21.2. The minimum Gasteiger partial charge on any atom is -0.507 e. The number of methoxy groups -OCH3 is 1. The van der Waals surface area contributed by atoms with E-state index in [1.807, 2.05) is 31.3 Å². The number of rotatable bonds is 5. The average Bonchev–Trinajstić information content (AvgIpc) is 2.73. The number of piperidine rings is 1. The lowest BCUT2D eigenvalue weighted by Gasteiger charge is -2.34. The van der Waals surface area contributed by atoms with Gasteiger partial charge in [0, 0.05) is 30.2 Å². The summed E-state index contributed by atoms with van der Waals surface area (Å²) in [7, 11) is 3.57. The molecule has 31 heavy (non-hydrogen) atoms. The van der Waals surface area contributed by atoms with E-state index in [1.165, 1.54) is 12.1 Å². The van der Waals surface area contributed by atoms with Gasteiger partial charge in [-0.3, -0.25) is 4.79 Å². The molecule has 2 heterocycles. The zero-order valence-corrected chi connectivity index (χ0v) is 17.9. The Hall–Kier alpha value is -3.03. The molecule has 0 radical (unpaired) electrons. The zero-order valence-electron chi connectivity index (χ0n) is 17.9. The highest BCUT2D eigenvalue weighted by Gasteiger charge is 2.33. The minimum absolute atomic E-state index is 0.114. The van der Waals surface area contributed by atoms with Crippen molar-refractivity contribution < 1.29 is 24.1 Å². The highest BCUT2D eigenvalue weighted by atomic mass is 16.5. The van der Waals surface area contributed by atoms with Crippen molar-refractivity contribution in [1.82, 2.24) is 4.90 Å². The molecule has 0 aliphatic carbocycles. The number of aliphatic hydroxyl groups excluding tert-OH is 1. The lowest BCUT2D eigenvalue weighted by molar-refractivity contribution is 0.0626. The van der Waals surface area contributed by atoms with Gasteiger partial charge in [-0.1, -0.05) is 12.1 Å². The van der Waals surface area contributed by atoms with Crippen LogP contribution in [-0.2, 0) is 6.61 Å². The number of aromatic hydroxyl groups is 1. The number of aryl methyl sites for hydroxylation is 1. The summed E-state index contributed by atoms with van der Waals surface area (Å²) < 4.78 is 17.2. The molecule has 0 spiro atoms. The Labute approximate surface area is 180 Å². The first-order valence-corrected chi connectivity index (χ1v) is 10.3. The molecule has 7 heteroatoms. The predicted octanol–water partition coefficient (Wildman–Crippen LogP) is 3.17. The first-order valence-electron chi connectivity index (χ1n) is 10.3. The Bertz CT molecular complexity index is 1140. The van der Waals surface area contributed by atoms with Gasteiger partial charge in [-0.15, -0.1) is 0 Å². The van der Waals surface area contributed by atoms with E-state index in [4.69, 9.17) is 13.9 Å². The maximum Gasteiger partial charge on any atom is 0.196 e. The number of likely N-dealkylation sites (tertiary alicyclic amines) is 1. The molecule has 1 aliphatic rings. The van der Waals surface area contributed by atoms with Crippen molar-refractivity contribution in [2.45, 2.75) is 32.0 Å². The van der Waals surface area contributed by atoms with Gasteiger partial charge in [-0.05, 0) is 44.6 Å². The summed E-state index contributed by atoms with van der Waals surface area (Å²) >= 11 is 0. The number of hydrogen-bond acceptors (Lipinski definition) is 7. The molecule has 3 aromatic rings. The predicted molar refractivity (Wildman–Crippen MR) is 117 cm³/mol. The van der Waals surface area contributed by atoms with Crippen LogP contribution in [0.25, 0.3) is 11.0 Å². The number of phenolic OH excluding ortho intramolecular Hbond substituents is 1. The summed E-state index contributed by atoms with van der Waals surface area (Å²) in [4.78, 5) is 14.7. The third kappa shape index (κ3) is 4.24. The van der Waals surface area contributed by atoms with Crippen molar-refractivity contribution in [1.29, 1.82) is 0 Å². The standard InChI is InChI=1S/C24H27NO6/c1-14-10-18(26)23-19(27)11-21(30-13-15-4-6-16(29-3)7-5-15)22(24(23)31-14)17-8-9-25(2)12-20(17)28/h4-7,10-11,17,20,27-28H,8-9,12-13H2,1-3H3. The molecule has 0 bridgehead atoms. The lowest BCUT2D eigenvalue weighted by atomic mass is 9.85. The lowest BCUT2D eigenvalue weighted by Crippen LogP contribution is -2.40. The van der Waals surface area contributed by atoms with Gasteiger partial charge >= 0.3 is 0 Å². The highest BCUT2D eigenvalue weighted by Crippen LogP contribution is 2.42. The SMILES string of the molecule is COc1ccc(COc2cc(O)c3c(=O)cc(C)oc3c2C2CCN(C)CC2O)cc1. The van der Waals surface area contributed by atoms with E-state index in [0.717, 1.165) is 17.9 Å². The smallest absolute Gasteiger partial charge is 0.196 e. The summed E-state index contributed by atoms with van der Waals surface area (Å²) in [6.45, 7) is 3.23. The van der Waals surface area contributed by atoms with Crippen LogP contribution in [0.2, 0.25) is 0 Å². The van der Waals surface area contributed by atoms with Gasteiger partial charge in [0.2, 0.25) is 0 Å². The van der Waals surface area contributed by atoms with Crippen molar-refractivity contribution in [3.63, 3.8) is 0 Å². The normalized spacial score (nSPS) is 19.5. The molecule has 2 aromatic carbocycles. The Balaban J connectivity index is 1.80. The van der Waals surface area contributed by atoms with E-state index in [-0.39, 0.29) is 34.7 Å². The van der Waals surface area contributed by atoms with E-state index in [9.17, 15) is 15.0 Å². The fourth-order valence-corrected chi connectivity index (χ4v) is 4.21. The van der Waals surface area contributed by atoms with Crippen molar-refractivity contribution in [2.75, 3.05) is 27.2 Å². The second-order valence-corrected chi connectivity index (χ2v) is 8.09. The van der Waals surface area contributed by atoms with Gasteiger partial charge in [0.1, 0.15) is 40.6 Å². The van der Waals surface area contributed by atoms with Crippen molar-refractivity contribution in [3.05, 3.63) is 63.5 Å². The van der Waals surface area contributed by atoms with Crippen molar-refractivity contribution >= 4 is 11.0 Å². The van der Waals surface area contributed by atoms with E-state index in [0.29, 0.717) is 30.0 Å². The fourth-order valence-electron chi connectivity index (χ4n) is 4.21. The third-order valence-corrected chi connectivity index (χ3v) is 5.81. The summed E-state index contributed by atoms with van der Waals surface area (Å²) in [6.07, 6.45) is 0.0225. The van der Waals surface area contributed by atoms with Crippen LogP contribution in [0.3, 0.4) is 0 Å². The van der Waals surface area contributed by atoms with E-state index < -0.39 is 6.10 Å². The molecule has 0 saturated carbocycles. The molecule has 164 valence electrons. The van der Waals surface area contributed by atoms with Crippen LogP contribution in [0.4, 0.5) is 0 Å². The zero-order chi connectivity index (χ0) is 22.1. The molecule has 4 rings (SSSR count). The topological polar surface area (TPSA) is 92.4 Å². The number of phenols is 1. The molecule has 2 N–H and O–H groups in total. The van der Waals surface area contributed by atoms with E-state index in [2.05, 4.69) is 4.90 Å². The molecule has 1 aromatic heterocycles. The number of fused-ring (bicyclic) bond motifs is 1. The Kier molecular flexibility index (Phi) is 5.89. The summed E-state index contributed by atoms with van der Waals surface area (Å²) in [5.74, 6) is 1.12. The first-order chi connectivity index (χ1) is 14.9. The molecule has 1 fully saturated rings. The minimum atomic E-state index is -0.652. The van der Waals surface area contributed by atoms with E-state index in [1.54, 1.807) is 14.0 Å². The Morgan fingerprint density at radius 3 is 2.65 bits per heavy atom. The summed E-state index contributed by atoms with van der Waals surface area (Å²) in [5, 5.41) is 21.5. The summed E-state index contributed by atoms with van der Waals surface area (Å²) in [6, 6.07) is 10.3. The van der Waals surface area contributed by atoms with Crippen LogP contribution in [-0.4, -0.2) is 48.5 Å². The van der Waals surface area contributed by atoms with Crippen LogP contribution < -0.4 is 14.9 Å². The van der Waals surface area contributed by atoms with Crippen LogP contribution >= 0.6 is 0 Å². The highest BCUT2D eigenvalue weighted by molar-refractivity contribution is 5.88. The molecular formula is C24H27NO6. The molecule has 2 unspecified atom stereocenters. The second-order valence-electron chi connectivity index (χ2n) is 8.09. The maximum atomic E-state index is 12.6. The summed E-state index contributed by atoms with van der Waals surface area (Å²) in [5.41, 5.74) is 1.51. The molecule has 1 saturated heterocycles. The third-order valence-electron chi connectivity index (χ3n) is 5.81. The molecule has 7 nitrogen and oxygen atoms in total. The number of hydrogen-bond donors (Lipinski definition) is 2. The van der Waals surface area contributed by atoms with E-state index >= 15 is 0 Å². The monoisotopic (exact) mass is 425 g/mol. The van der Waals surface area contributed by atoms with Crippen LogP contribution in [0, 0.1) is 6.92 Å². The number of β-amino-alcohol motifs (C(OH)–C–C–N with tert-alkyl or cyclic N) is 1. The van der Waals surface area contributed by atoms with Gasteiger partial charge in [-0.2, -0.15) is 0 Å². The maximum absolute atomic E-state index is 12.6.